The maximum Gasteiger partial charge on any atom is 0.243 e. The highest BCUT2D eigenvalue weighted by atomic mass is 35.5. The van der Waals surface area contributed by atoms with E-state index in [-0.39, 0.29) is 16.9 Å². The normalized spacial score (nSPS) is 12.2. The van der Waals surface area contributed by atoms with E-state index in [1.54, 1.807) is 28.9 Å². The average Bonchev–Trinajstić information content (AvgIpc) is 3.18. The summed E-state index contributed by atoms with van der Waals surface area (Å²) in [4.78, 5) is 12.9. The van der Waals surface area contributed by atoms with Crippen molar-refractivity contribution in [3.05, 3.63) is 71.1 Å². The van der Waals surface area contributed by atoms with E-state index in [4.69, 9.17) is 11.6 Å². The molecular formula is C24H28ClFN4O3S. The molecule has 0 unspecified atom stereocenters. The third-order valence-electron chi connectivity index (χ3n) is 5.07. The van der Waals surface area contributed by atoms with Crippen LogP contribution in [0.4, 0.5) is 10.2 Å². The second kappa shape index (κ2) is 10.2. The average molecular weight is 507 g/mol. The molecule has 0 radical (unpaired) electrons. The Hall–Kier alpha value is -2.75. The van der Waals surface area contributed by atoms with Gasteiger partial charge in [0.25, 0.3) is 0 Å². The molecule has 0 fully saturated rings. The molecule has 0 spiro atoms. The molecule has 0 bridgehead atoms. The van der Waals surface area contributed by atoms with Crippen LogP contribution in [0.3, 0.4) is 0 Å². The summed E-state index contributed by atoms with van der Waals surface area (Å²) in [5.41, 5.74) is 1.01. The third-order valence-corrected chi connectivity index (χ3v) is 7.25. The maximum atomic E-state index is 13.3. The van der Waals surface area contributed by atoms with Crippen molar-refractivity contribution in [2.45, 2.75) is 44.4 Å². The molecule has 1 heterocycles. The van der Waals surface area contributed by atoms with Gasteiger partial charge in [0.05, 0.1) is 27.8 Å². The van der Waals surface area contributed by atoms with Gasteiger partial charge in [-0.15, -0.1) is 0 Å². The second-order valence-electron chi connectivity index (χ2n) is 8.87. The van der Waals surface area contributed by atoms with E-state index in [2.05, 4.69) is 10.4 Å². The fourth-order valence-electron chi connectivity index (χ4n) is 3.28. The number of aromatic nitrogens is 2. The fourth-order valence-corrected chi connectivity index (χ4v) is 4.98. The SMILES string of the molecule is CCCN(CC(=O)Nc1cc(C(C)(C)C)nn1-c1ccccc1Cl)S(=O)(=O)c1ccc(F)cc1. The van der Waals surface area contributed by atoms with Crippen LogP contribution in [0.5, 0.6) is 0 Å². The molecule has 10 heteroatoms. The Morgan fingerprint density at radius 2 is 1.79 bits per heavy atom. The van der Waals surface area contributed by atoms with E-state index in [1.807, 2.05) is 33.8 Å². The van der Waals surface area contributed by atoms with Crippen LogP contribution < -0.4 is 5.32 Å². The van der Waals surface area contributed by atoms with Crippen LogP contribution in [-0.4, -0.2) is 41.5 Å². The highest BCUT2D eigenvalue weighted by molar-refractivity contribution is 7.89. The van der Waals surface area contributed by atoms with Crippen LogP contribution >= 0.6 is 11.6 Å². The Balaban J connectivity index is 1.91. The number of carbonyl (C=O) groups is 1. The Labute approximate surface area is 204 Å². The summed E-state index contributed by atoms with van der Waals surface area (Å²) < 4.78 is 42.1. The molecule has 0 saturated heterocycles. The largest absolute Gasteiger partial charge is 0.309 e. The van der Waals surface area contributed by atoms with E-state index in [1.165, 1.54) is 12.1 Å². The first-order chi connectivity index (χ1) is 15.9. The minimum Gasteiger partial charge on any atom is -0.309 e. The van der Waals surface area contributed by atoms with Crippen LogP contribution in [-0.2, 0) is 20.2 Å². The van der Waals surface area contributed by atoms with Gasteiger partial charge in [-0.1, -0.05) is 51.4 Å². The van der Waals surface area contributed by atoms with E-state index in [0.29, 0.717) is 22.9 Å². The van der Waals surface area contributed by atoms with Gasteiger partial charge in [0.1, 0.15) is 11.6 Å². The lowest BCUT2D eigenvalue weighted by molar-refractivity contribution is -0.116. The molecule has 0 saturated carbocycles. The summed E-state index contributed by atoms with van der Waals surface area (Å²) in [6.07, 6.45) is 0.499. The standard InChI is InChI=1S/C24H28ClFN4O3S/c1-5-14-29(34(32,33)18-12-10-17(26)11-13-18)16-23(31)27-22-15-21(24(2,3)4)28-30(22)20-9-7-6-8-19(20)25/h6-13,15H,5,14,16H2,1-4H3,(H,27,31). The topological polar surface area (TPSA) is 84.3 Å². The molecule has 34 heavy (non-hydrogen) atoms. The van der Waals surface area contributed by atoms with Crippen molar-refractivity contribution >= 4 is 33.3 Å². The number of nitrogens with zero attached hydrogens (tertiary/aromatic N) is 3. The Kier molecular flexibility index (Phi) is 7.80. The lowest BCUT2D eigenvalue weighted by Gasteiger charge is -2.21. The fraction of sp³-hybridized carbons (Fsp3) is 0.333. The van der Waals surface area contributed by atoms with Crippen molar-refractivity contribution in [2.24, 2.45) is 0 Å². The number of hydrogen-bond acceptors (Lipinski definition) is 4. The quantitative estimate of drug-likeness (QED) is 0.466. The number of anilines is 1. The van der Waals surface area contributed by atoms with Crippen molar-refractivity contribution in [2.75, 3.05) is 18.4 Å². The van der Waals surface area contributed by atoms with Gasteiger partial charge in [0, 0.05) is 18.0 Å². The predicted molar refractivity (Wildman–Crippen MR) is 131 cm³/mol. The molecule has 0 aliphatic carbocycles. The zero-order valence-electron chi connectivity index (χ0n) is 19.5. The monoisotopic (exact) mass is 506 g/mol. The van der Waals surface area contributed by atoms with Gasteiger partial charge in [-0.25, -0.2) is 17.5 Å². The van der Waals surface area contributed by atoms with Gasteiger partial charge < -0.3 is 5.32 Å². The van der Waals surface area contributed by atoms with Crippen molar-refractivity contribution < 1.29 is 17.6 Å². The van der Waals surface area contributed by atoms with Crippen molar-refractivity contribution in [3.63, 3.8) is 0 Å². The lowest BCUT2D eigenvalue weighted by Crippen LogP contribution is -2.38. The van der Waals surface area contributed by atoms with E-state index < -0.39 is 28.3 Å². The smallest absolute Gasteiger partial charge is 0.243 e. The van der Waals surface area contributed by atoms with Gasteiger partial charge in [-0.2, -0.15) is 9.40 Å². The molecule has 182 valence electrons. The zero-order chi connectivity index (χ0) is 25.1. The molecule has 1 N–H and O–H groups in total. The van der Waals surface area contributed by atoms with Crippen LogP contribution in [0.2, 0.25) is 5.02 Å². The first kappa shape index (κ1) is 25.9. The molecule has 3 rings (SSSR count). The third kappa shape index (κ3) is 5.84. The predicted octanol–water partition coefficient (Wildman–Crippen LogP) is 5.00. The molecular weight excluding hydrogens is 479 g/mol. The Morgan fingerprint density at radius 1 is 1.15 bits per heavy atom. The minimum atomic E-state index is -3.99. The lowest BCUT2D eigenvalue weighted by atomic mass is 9.92. The minimum absolute atomic E-state index is 0.0775. The molecule has 0 aliphatic rings. The van der Waals surface area contributed by atoms with Crippen LogP contribution in [0.15, 0.2) is 59.5 Å². The van der Waals surface area contributed by atoms with Crippen molar-refractivity contribution in [3.8, 4) is 5.69 Å². The van der Waals surface area contributed by atoms with E-state index in [9.17, 15) is 17.6 Å². The van der Waals surface area contributed by atoms with E-state index >= 15 is 0 Å². The highest BCUT2D eigenvalue weighted by Gasteiger charge is 2.27. The summed E-state index contributed by atoms with van der Waals surface area (Å²) in [6.45, 7) is 7.52. The highest BCUT2D eigenvalue weighted by Crippen LogP contribution is 2.29. The van der Waals surface area contributed by atoms with Crippen LogP contribution in [0.1, 0.15) is 39.8 Å². The maximum absolute atomic E-state index is 13.3. The zero-order valence-corrected chi connectivity index (χ0v) is 21.1. The second-order valence-corrected chi connectivity index (χ2v) is 11.2. The summed E-state index contributed by atoms with van der Waals surface area (Å²) >= 11 is 6.37. The number of sulfonamides is 1. The molecule has 0 atom stereocenters. The number of para-hydroxylation sites is 1. The molecule has 1 amide bonds. The summed E-state index contributed by atoms with van der Waals surface area (Å²) in [5, 5.41) is 7.87. The molecule has 0 aliphatic heterocycles. The number of hydrogen-bond donors (Lipinski definition) is 1. The van der Waals surface area contributed by atoms with Crippen molar-refractivity contribution in [1.82, 2.24) is 14.1 Å². The van der Waals surface area contributed by atoms with Gasteiger partial charge in [0.15, 0.2) is 0 Å². The Bertz CT molecular complexity index is 1270. The number of halogens is 2. The molecule has 1 aromatic heterocycles. The van der Waals surface area contributed by atoms with Gasteiger partial charge >= 0.3 is 0 Å². The molecule has 3 aromatic rings. The first-order valence-electron chi connectivity index (χ1n) is 10.8. The number of carbonyl (C=O) groups excluding carboxylic acids is 1. The number of nitrogens with one attached hydrogen (secondary N) is 1. The van der Waals surface area contributed by atoms with Crippen LogP contribution in [0.25, 0.3) is 5.69 Å². The van der Waals surface area contributed by atoms with Crippen molar-refractivity contribution in [1.29, 1.82) is 0 Å². The van der Waals surface area contributed by atoms with Crippen LogP contribution in [0, 0.1) is 5.82 Å². The van der Waals surface area contributed by atoms with Gasteiger partial charge in [0.2, 0.25) is 15.9 Å². The molecule has 2 aromatic carbocycles. The van der Waals surface area contributed by atoms with Gasteiger partial charge in [-0.05, 0) is 42.8 Å². The summed E-state index contributed by atoms with van der Waals surface area (Å²) in [5.74, 6) is -0.701. The Morgan fingerprint density at radius 3 is 2.38 bits per heavy atom. The summed E-state index contributed by atoms with van der Waals surface area (Å²) in [6, 6.07) is 13.4. The number of amides is 1. The summed E-state index contributed by atoms with van der Waals surface area (Å²) in [7, 11) is -3.99. The molecule has 7 nitrogen and oxygen atoms in total. The number of benzene rings is 2. The van der Waals surface area contributed by atoms with Gasteiger partial charge in [-0.3, -0.25) is 4.79 Å². The number of rotatable bonds is 8. The first-order valence-corrected chi connectivity index (χ1v) is 12.7. The van der Waals surface area contributed by atoms with E-state index in [0.717, 1.165) is 22.1 Å².